The Hall–Kier alpha value is -2.12. The Balaban J connectivity index is 2.14. The molecule has 0 aromatic rings. The summed E-state index contributed by atoms with van der Waals surface area (Å²) in [7, 11) is 0. The van der Waals surface area contributed by atoms with Gasteiger partial charge in [0.15, 0.2) is 0 Å². The lowest BCUT2D eigenvalue weighted by molar-refractivity contribution is -0.156. The minimum Gasteiger partial charge on any atom is -0.465 e. The lowest BCUT2D eigenvalue weighted by atomic mass is 10.0. The van der Waals surface area contributed by atoms with Gasteiger partial charge in [-0.25, -0.2) is 0 Å². The molecule has 8 heteroatoms. The third kappa shape index (κ3) is 44.0. The molecule has 0 saturated carbocycles. The van der Waals surface area contributed by atoms with Gasteiger partial charge in [0.1, 0.15) is 12.8 Å². The van der Waals surface area contributed by atoms with Crippen LogP contribution in [0.2, 0.25) is 0 Å². The molecule has 1 heterocycles. The number of rotatable bonds is 0. The Morgan fingerprint density at radius 2 is 0.267 bits per heavy atom. The van der Waals surface area contributed by atoms with Crippen LogP contribution in [0, 0.1) is 0 Å². The van der Waals surface area contributed by atoms with Crippen LogP contribution in [0.3, 0.4) is 0 Å². The van der Waals surface area contributed by atoms with Crippen LogP contribution < -0.4 is 0 Å². The van der Waals surface area contributed by atoms with Crippen molar-refractivity contribution in [1.82, 2.24) is 0 Å². The topological polar surface area (TPSA) is 105 Å². The molecule has 0 amide bonds. The molecule has 0 unspecified atom stereocenters. The fourth-order valence-electron chi connectivity index (χ4n) is 8.31. The van der Waals surface area contributed by atoms with Gasteiger partial charge in [0, 0.05) is 0 Å². The van der Waals surface area contributed by atoms with Crippen molar-refractivity contribution in [3.05, 3.63) is 0 Å². The van der Waals surface area contributed by atoms with E-state index in [1.807, 2.05) is 0 Å². The molecule has 0 spiro atoms. The van der Waals surface area contributed by atoms with Gasteiger partial charge in [-0.1, -0.05) is 244 Å². The van der Waals surface area contributed by atoms with E-state index in [0.717, 1.165) is 51.4 Å². The van der Waals surface area contributed by atoms with Crippen molar-refractivity contribution in [2.45, 2.75) is 283 Å². The second-order valence-electron chi connectivity index (χ2n) is 18.1. The zero-order chi connectivity index (χ0) is 43.1. The summed E-state index contributed by atoms with van der Waals surface area (Å²) < 4.78 is 21.1. The van der Waals surface area contributed by atoms with Crippen LogP contribution in [0.5, 0.6) is 0 Å². The van der Waals surface area contributed by atoms with Crippen molar-refractivity contribution in [2.24, 2.45) is 0 Å². The first-order valence-electron chi connectivity index (χ1n) is 26.2. The van der Waals surface area contributed by atoms with Gasteiger partial charge in [-0.05, 0) is 25.7 Å². The number of hydrogen-bond acceptors (Lipinski definition) is 8. The predicted molar refractivity (Wildman–Crippen MR) is 247 cm³/mol. The summed E-state index contributed by atoms with van der Waals surface area (Å²) in [4.78, 5) is 48.0. The molecular formula is C52H96O8. The van der Waals surface area contributed by atoms with E-state index in [1.54, 1.807) is 0 Å². The molecule has 60 heavy (non-hydrogen) atoms. The van der Waals surface area contributed by atoms with Crippen molar-refractivity contribution < 1.29 is 38.1 Å². The van der Waals surface area contributed by atoms with Gasteiger partial charge < -0.3 is 18.9 Å². The van der Waals surface area contributed by atoms with E-state index in [2.05, 4.69) is 0 Å². The molecule has 352 valence electrons. The first-order chi connectivity index (χ1) is 29.6. The quantitative estimate of drug-likeness (QED) is 0.135. The molecule has 8 nitrogen and oxygen atoms in total. The van der Waals surface area contributed by atoms with Gasteiger partial charge in [-0.2, -0.15) is 0 Å². The number of ether oxygens (including phenoxy) is 4. The van der Waals surface area contributed by atoms with Gasteiger partial charge in [-0.15, -0.1) is 0 Å². The van der Waals surface area contributed by atoms with Crippen LogP contribution in [0.25, 0.3) is 0 Å². The van der Waals surface area contributed by atoms with Crippen molar-refractivity contribution in [2.75, 3.05) is 26.4 Å². The van der Waals surface area contributed by atoms with E-state index in [1.165, 1.54) is 218 Å². The lowest BCUT2D eigenvalue weighted by Gasteiger charge is -2.07. The number of carbonyl (C=O) groups excluding carboxylic acids is 4. The summed E-state index contributed by atoms with van der Waals surface area (Å²) in [5.41, 5.74) is 0. The number of carbonyl (C=O) groups is 4. The fraction of sp³-hybridized carbons (Fsp3) is 0.923. The van der Waals surface area contributed by atoms with Gasteiger partial charge in [-0.3, -0.25) is 19.2 Å². The standard InChI is InChI=1S/C52H96O8/c53-49-47-51(55)59-45-41-37-33-29-25-21-17-13-9-5-2-6-10-14-18-22-26-30-34-38-42-46-60-52(56)48-50(54)58-44-40-36-32-28-24-20-16-12-8-4-1-3-7-11-15-19-23-27-31-35-39-43-57-49/h1-48H2. The maximum absolute atomic E-state index is 12.0. The molecule has 0 bridgehead atoms. The third-order valence-corrected chi connectivity index (χ3v) is 12.2. The van der Waals surface area contributed by atoms with Gasteiger partial charge >= 0.3 is 23.9 Å². The molecule has 0 N–H and O–H groups in total. The average Bonchev–Trinajstić information content (AvgIpc) is 3.23. The smallest absolute Gasteiger partial charge is 0.317 e. The summed E-state index contributed by atoms with van der Waals surface area (Å²) in [5, 5.41) is 0. The minimum absolute atomic E-state index is 0.269. The Kier molecular flexibility index (Phi) is 43.2. The zero-order valence-corrected chi connectivity index (χ0v) is 39.2. The fourth-order valence-corrected chi connectivity index (χ4v) is 8.31. The Morgan fingerprint density at radius 3 is 0.383 bits per heavy atom. The van der Waals surface area contributed by atoms with Crippen molar-refractivity contribution in [3.63, 3.8) is 0 Å². The molecule has 0 radical (unpaired) electrons. The summed E-state index contributed by atoms with van der Waals surface area (Å²) in [5.74, 6) is -1.83. The molecule has 1 fully saturated rings. The van der Waals surface area contributed by atoms with Gasteiger partial charge in [0.2, 0.25) is 0 Å². The minimum atomic E-state index is -0.459. The van der Waals surface area contributed by atoms with Gasteiger partial charge in [0.25, 0.3) is 0 Å². The zero-order valence-electron chi connectivity index (χ0n) is 39.2. The molecular weight excluding hydrogens is 753 g/mol. The predicted octanol–water partition coefficient (Wildman–Crippen LogP) is 15.3. The summed E-state index contributed by atoms with van der Waals surface area (Å²) in [6.45, 7) is 1.60. The number of esters is 4. The highest BCUT2D eigenvalue weighted by molar-refractivity contribution is 5.91. The molecule has 1 aliphatic rings. The van der Waals surface area contributed by atoms with Gasteiger partial charge in [0.05, 0.1) is 26.4 Å². The Labute approximate surface area is 369 Å². The molecule has 0 aliphatic carbocycles. The van der Waals surface area contributed by atoms with Crippen LogP contribution in [-0.2, 0) is 38.1 Å². The second-order valence-corrected chi connectivity index (χ2v) is 18.1. The normalized spacial score (nSPS) is 22.8. The SMILES string of the molecule is O=C1CC(=O)OCCCCCCCCCCCCCCCCCCCCCCCOC(=O)CC(=O)OCCCCCCCCCCCCCCCCCCCCCCCO1. The Morgan fingerprint density at radius 1 is 0.167 bits per heavy atom. The number of cyclic esters (lactones) is 4. The van der Waals surface area contributed by atoms with Crippen LogP contribution in [0.1, 0.15) is 283 Å². The van der Waals surface area contributed by atoms with E-state index in [9.17, 15) is 19.2 Å². The largest absolute Gasteiger partial charge is 0.465 e. The summed E-state index contributed by atoms with van der Waals surface area (Å²) in [6, 6.07) is 0. The highest BCUT2D eigenvalue weighted by Crippen LogP contribution is 2.17. The van der Waals surface area contributed by atoms with Crippen molar-refractivity contribution in [3.8, 4) is 0 Å². The molecule has 0 aromatic carbocycles. The Bertz CT molecular complexity index is 820. The first kappa shape index (κ1) is 55.9. The molecule has 0 aromatic heterocycles. The molecule has 0 atom stereocenters. The average molecular weight is 849 g/mol. The van der Waals surface area contributed by atoms with Crippen LogP contribution >= 0.6 is 0 Å². The third-order valence-electron chi connectivity index (χ3n) is 12.2. The van der Waals surface area contributed by atoms with E-state index in [0.29, 0.717) is 26.4 Å². The van der Waals surface area contributed by atoms with Crippen LogP contribution in [0.15, 0.2) is 0 Å². The maximum Gasteiger partial charge on any atom is 0.317 e. The summed E-state index contributed by atoms with van der Waals surface area (Å²) in [6.07, 6.45) is 51.9. The van der Waals surface area contributed by atoms with E-state index < -0.39 is 23.9 Å². The maximum atomic E-state index is 12.0. The first-order valence-corrected chi connectivity index (χ1v) is 26.2. The number of hydrogen-bond donors (Lipinski definition) is 0. The highest BCUT2D eigenvalue weighted by Gasteiger charge is 2.13. The van der Waals surface area contributed by atoms with Crippen LogP contribution in [-0.4, -0.2) is 50.3 Å². The molecule has 1 saturated heterocycles. The monoisotopic (exact) mass is 849 g/mol. The lowest BCUT2D eigenvalue weighted by Crippen LogP contribution is -2.15. The second kappa shape index (κ2) is 46.4. The van der Waals surface area contributed by atoms with Crippen molar-refractivity contribution >= 4 is 23.9 Å². The molecule has 1 rings (SSSR count). The summed E-state index contributed by atoms with van der Waals surface area (Å²) >= 11 is 0. The highest BCUT2D eigenvalue weighted by atomic mass is 16.6. The van der Waals surface area contributed by atoms with Crippen LogP contribution in [0.4, 0.5) is 0 Å². The van der Waals surface area contributed by atoms with E-state index >= 15 is 0 Å². The van der Waals surface area contributed by atoms with E-state index in [-0.39, 0.29) is 12.8 Å². The van der Waals surface area contributed by atoms with E-state index in [4.69, 9.17) is 18.9 Å². The molecule has 1 aliphatic heterocycles. The van der Waals surface area contributed by atoms with Crippen molar-refractivity contribution in [1.29, 1.82) is 0 Å².